The van der Waals surface area contributed by atoms with Crippen molar-refractivity contribution < 1.29 is 4.74 Å². The Hall–Kier alpha value is -1.38. The molecule has 1 aliphatic rings. The molecule has 0 saturated heterocycles. The van der Waals surface area contributed by atoms with Crippen LogP contribution in [0.1, 0.15) is 24.0 Å². The first-order valence-corrected chi connectivity index (χ1v) is 7.63. The lowest BCUT2D eigenvalue weighted by Crippen LogP contribution is -2.22. The molecule has 3 rings (SSSR count). The lowest BCUT2D eigenvalue weighted by molar-refractivity contribution is 0.139. The van der Waals surface area contributed by atoms with Crippen LogP contribution in [0, 0.1) is 6.92 Å². The highest BCUT2D eigenvalue weighted by Crippen LogP contribution is 2.22. The first-order chi connectivity index (χ1) is 9.84. The van der Waals surface area contributed by atoms with E-state index in [9.17, 15) is 0 Å². The van der Waals surface area contributed by atoms with Crippen molar-refractivity contribution in [3.05, 3.63) is 47.5 Å². The van der Waals surface area contributed by atoms with Gasteiger partial charge < -0.3 is 10.1 Å². The summed E-state index contributed by atoms with van der Waals surface area (Å²) < 4.78 is 5.76. The molecule has 1 saturated carbocycles. The molecule has 1 aliphatic carbocycles. The minimum atomic E-state index is 0.777. The van der Waals surface area contributed by atoms with Crippen LogP contribution in [0.4, 0.5) is 0 Å². The van der Waals surface area contributed by atoms with Gasteiger partial charge >= 0.3 is 0 Å². The summed E-state index contributed by atoms with van der Waals surface area (Å²) >= 11 is 0. The van der Waals surface area contributed by atoms with Gasteiger partial charge in [-0.1, -0.05) is 36.4 Å². The topological polar surface area (TPSA) is 21.3 Å². The molecule has 2 aromatic rings. The van der Waals surface area contributed by atoms with Crippen molar-refractivity contribution in [1.29, 1.82) is 0 Å². The Kier molecular flexibility index (Phi) is 4.34. The Balaban J connectivity index is 1.54. The Morgan fingerprint density at radius 2 is 1.95 bits per heavy atom. The maximum absolute atomic E-state index is 5.76. The standard InChI is InChI=1S/C18H23NO/c1-14-6-7-15-4-2-3-5-18(15)17(14)10-12-20-13-11-19-16-8-9-16/h2-7,16,19H,8-13H2,1H3. The molecule has 0 unspecified atom stereocenters. The van der Waals surface area contributed by atoms with Gasteiger partial charge in [0.2, 0.25) is 0 Å². The number of rotatable bonds is 7. The van der Waals surface area contributed by atoms with E-state index >= 15 is 0 Å². The number of aryl methyl sites for hydroxylation is 1. The van der Waals surface area contributed by atoms with Crippen LogP contribution in [0.3, 0.4) is 0 Å². The highest BCUT2D eigenvalue weighted by atomic mass is 16.5. The van der Waals surface area contributed by atoms with Crippen LogP contribution < -0.4 is 5.32 Å². The predicted molar refractivity (Wildman–Crippen MR) is 84.2 cm³/mol. The normalized spacial score (nSPS) is 14.8. The molecule has 0 amide bonds. The van der Waals surface area contributed by atoms with Crippen molar-refractivity contribution in [2.75, 3.05) is 19.8 Å². The molecule has 106 valence electrons. The van der Waals surface area contributed by atoms with Gasteiger partial charge in [-0.25, -0.2) is 0 Å². The zero-order valence-corrected chi connectivity index (χ0v) is 12.2. The summed E-state index contributed by atoms with van der Waals surface area (Å²) in [6, 6.07) is 13.8. The van der Waals surface area contributed by atoms with E-state index in [-0.39, 0.29) is 0 Å². The number of ether oxygens (including phenoxy) is 1. The van der Waals surface area contributed by atoms with Crippen LogP contribution in [0.2, 0.25) is 0 Å². The lowest BCUT2D eigenvalue weighted by atomic mass is 9.98. The van der Waals surface area contributed by atoms with Crippen molar-refractivity contribution in [3.63, 3.8) is 0 Å². The highest BCUT2D eigenvalue weighted by molar-refractivity contribution is 5.86. The summed E-state index contributed by atoms with van der Waals surface area (Å²) in [5, 5.41) is 6.16. The van der Waals surface area contributed by atoms with Gasteiger partial charge in [0.15, 0.2) is 0 Å². The first kappa shape index (κ1) is 13.6. The maximum Gasteiger partial charge on any atom is 0.0591 e. The molecule has 1 N–H and O–H groups in total. The molecule has 2 heteroatoms. The van der Waals surface area contributed by atoms with Crippen LogP contribution >= 0.6 is 0 Å². The Bertz CT molecular complexity index is 575. The maximum atomic E-state index is 5.76. The fourth-order valence-electron chi connectivity index (χ4n) is 2.68. The van der Waals surface area contributed by atoms with Crippen molar-refractivity contribution in [1.82, 2.24) is 5.32 Å². The van der Waals surface area contributed by atoms with Gasteiger partial charge in [-0.05, 0) is 48.1 Å². The number of nitrogens with one attached hydrogen (secondary N) is 1. The van der Waals surface area contributed by atoms with E-state index in [1.54, 1.807) is 0 Å². The molecular formula is C18H23NO. The van der Waals surface area contributed by atoms with Gasteiger partial charge in [-0.15, -0.1) is 0 Å². The van der Waals surface area contributed by atoms with Gasteiger partial charge in [0.25, 0.3) is 0 Å². The largest absolute Gasteiger partial charge is 0.380 e. The summed E-state index contributed by atoms with van der Waals surface area (Å²) in [6.07, 6.45) is 3.68. The lowest BCUT2D eigenvalue weighted by Gasteiger charge is -2.11. The van der Waals surface area contributed by atoms with Crippen molar-refractivity contribution in [3.8, 4) is 0 Å². The zero-order chi connectivity index (χ0) is 13.8. The summed E-state index contributed by atoms with van der Waals surface area (Å²) in [5.74, 6) is 0. The number of hydrogen-bond donors (Lipinski definition) is 1. The molecule has 2 aromatic carbocycles. The Labute approximate surface area is 121 Å². The predicted octanol–water partition coefficient (Wildman–Crippen LogP) is 3.46. The molecule has 0 aliphatic heterocycles. The van der Waals surface area contributed by atoms with Gasteiger partial charge in [0, 0.05) is 12.6 Å². The van der Waals surface area contributed by atoms with Crippen molar-refractivity contribution in [2.45, 2.75) is 32.2 Å². The third-order valence-corrected chi connectivity index (χ3v) is 4.03. The quantitative estimate of drug-likeness (QED) is 0.777. The number of fused-ring (bicyclic) bond motifs is 1. The molecular weight excluding hydrogens is 246 g/mol. The summed E-state index contributed by atoms with van der Waals surface area (Å²) in [4.78, 5) is 0. The number of benzene rings is 2. The second-order valence-electron chi connectivity index (χ2n) is 5.67. The van der Waals surface area contributed by atoms with E-state index in [4.69, 9.17) is 4.74 Å². The zero-order valence-electron chi connectivity index (χ0n) is 12.2. The number of hydrogen-bond acceptors (Lipinski definition) is 2. The van der Waals surface area contributed by atoms with Crippen LogP contribution in [0.5, 0.6) is 0 Å². The Morgan fingerprint density at radius 3 is 2.80 bits per heavy atom. The average molecular weight is 269 g/mol. The molecule has 2 nitrogen and oxygen atoms in total. The monoisotopic (exact) mass is 269 g/mol. The minimum absolute atomic E-state index is 0.777. The molecule has 0 spiro atoms. The summed E-state index contributed by atoms with van der Waals surface area (Å²) in [6.45, 7) is 4.80. The second-order valence-corrected chi connectivity index (χ2v) is 5.67. The van der Waals surface area contributed by atoms with E-state index in [0.717, 1.165) is 32.2 Å². The SMILES string of the molecule is Cc1ccc2ccccc2c1CCOCCNC1CC1. The molecule has 20 heavy (non-hydrogen) atoms. The molecule has 0 aromatic heterocycles. The molecule has 0 bridgehead atoms. The van der Waals surface area contributed by atoms with E-state index < -0.39 is 0 Å². The van der Waals surface area contributed by atoms with E-state index in [1.165, 1.54) is 34.7 Å². The van der Waals surface area contributed by atoms with Crippen molar-refractivity contribution in [2.24, 2.45) is 0 Å². The van der Waals surface area contributed by atoms with Crippen LogP contribution in [0.15, 0.2) is 36.4 Å². The third kappa shape index (κ3) is 3.38. The molecule has 1 fully saturated rings. The van der Waals surface area contributed by atoms with E-state index in [1.807, 2.05) is 0 Å². The van der Waals surface area contributed by atoms with Gasteiger partial charge in [-0.2, -0.15) is 0 Å². The van der Waals surface area contributed by atoms with Gasteiger partial charge in [-0.3, -0.25) is 0 Å². The fourth-order valence-corrected chi connectivity index (χ4v) is 2.68. The van der Waals surface area contributed by atoms with E-state index in [0.29, 0.717) is 0 Å². The van der Waals surface area contributed by atoms with Crippen molar-refractivity contribution >= 4 is 10.8 Å². The summed E-state index contributed by atoms with van der Waals surface area (Å²) in [5.41, 5.74) is 2.79. The van der Waals surface area contributed by atoms with Crippen LogP contribution in [-0.2, 0) is 11.2 Å². The second kappa shape index (κ2) is 6.38. The minimum Gasteiger partial charge on any atom is -0.380 e. The van der Waals surface area contributed by atoms with Crippen LogP contribution in [0.25, 0.3) is 10.8 Å². The molecule has 0 heterocycles. The average Bonchev–Trinajstić information content (AvgIpc) is 3.29. The molecule has 0 atom stereocenters. The van der Waals surface area contributed by atoms with E-state index in [2.05, 4.69) is 48.6 Å². The van der Waals surface area contributed by atoms with Gasteiger partial charge in [0.1, 0.15) is 0 Å². The molecule has 0 radical (unpaired) electrons. The fraction of sp³-hybridized carbons (Fsp3) is 0.444. The summed E-state index contributed by atoms with van der Waals surface area (Å²) in [7, 11) is 0. The first-order valence-electron chi connectivity index (χ1n) is 7.63. The smallest absolute Gasteiger partial charge is 0.0591 e. The highest BCUT2D eigenvalue weighted by Gasteiger charge is 2.19. The van der Waals surface area contributed by atoms with Crippen LogP contribution in [-0.4, -0.2) is 25.8 Å². The Morgan fingerprint density at radius 1 is 1.10 bits per heavy atom. The third-order valence-electron chi connectivity index (χ3n) is 4.03. The van der Waals surface area contributed by atoms with Gasteiger partial charge in [0.05, 0.1) is 13.2 Å².